The number of ether oxygens (including phenoxy) is 2. The van der Waals surface area contributed by atoms with Crippen LogP contribution in [0.5, 0.6) is 0 Å². The standard InChI is InChI=1S/C35H35Br2N5O6/c1-19(3-9-32(43)28-15-38-26-13-22(36)5-7-24(26)40-28)17-47-34(45)31-12-21-11-30(21)42(31)35(46)48-18-20(2)4-10-33(44)29-16-39-27-14-23(37)6-8-25(27)41-29/h5-8,13-16,19-21,30-31H,3-4,9-12,17-18H2,1-2H3/t19-,20-,21?,30?,31?/m1/s1. The Balaban J connectivity index is 0.929. The molecule has 5 atom stereocenters. The van der Waals surface area contributed by atoms with Crippen LogP contribution in [-0.2, 0) is 14.3 Å². The number of carbonyl (C=O) groups is 4. The number of Topliss-reactive ketones (excluding diaryl/α,β-unsaturated/α-hetero) is 2. The maximum atomic E-state index is 13.1. The maximum absolute atomic E-state index is 13.1. The third-order valence-electron chi connectivity index (χ3n) is 8.90. The molecule has 0 radical (unpaired) electrons. The van der Waals surface area contributed by atoms with Crippen molar-refractivity contribution in [3.8, 4) is 0 Å². The average Bonchev–Trinajstić information content (AvgIpc) is 3.75. The van der Waals surface area contributed by atoms with Crippen LogP contribution in [0, 0.1) is 17.8 Å². The number of piperidine rings is 1. The van der Waals surface area contributed by atoms with Gasteiger partial charge in [-0.2, -0.15) is 0 Å². The lowest BCUT2D eigenvalue weighted by Crippen LogP contribution is -2.44. The monoisotopic (exact) mass is 779 g/mol. The van der Waals surface area contributed by atoms with Crippen LogP contribution in [-0.4, -0.2) is 73.8 Å². The zero-order chi connectivity index (χ0) is 33.9. The lowest BCUT2D eigenvalue weighted by molar-refractivity contribution is -0.150. The van der Waals surface area contributed by atoms with E-state index in [9.17, 15) is 19.2 Å². The van der Waals surface area contributed by atoms with Crippen molar-refractivity contribution < 1.29 is 28.7 Å². The van der Waals surface area contributed by atoms with Gasteiger partial charge in [0.15, 0.2) is 11.6 Å². The zero-order valence-electron chi connectivity index (χ0n) is 26.6. The second-order valence-electron chi connectivity index (χ2n) is 12.8. The van der Waals surface area contributed by atoms with E-state index in [2.05, 4.69) is 51.8 Å². The molecular weight excluding hydrogens is 746 g/mol. The van der Waals surface area contributed by atoms with Gasteiger partial charge < -0.3 is 9.47 Å². The van der Waals surface area contributed by atoms with Crippen LogP contribution in [0.4, 0.5) is 4.79 Å². The number of nitrogens with zero attached hydrogens (tertiary/aromatic N) is 5. The molecule has 4 aromatic rings. The molecule has 11 nitrogen and oxygen atoms in total. The quantitative estimate of drug-likeness (QED) is 0.102. The molecule has 1 amide bonds. The molecule has 250 valence electrons. The van der Waals surface area contributed by atoms with E-state index in [0.717, 1.165) is 15.4 Å². The van der Waals surface area contributed by atoms with Crippen LogP contribution < -0.4 is 0 Å². The third kappa shape index (κ3) is 8.06. The van der Waals surface area contributed by atoms with Gasteiger partial charge in [-0.25, -0.2) is 19.6 Å². The van der Waals surface area contributed by atoms with E-state index in [-0.39, 0.29) is 61.4 Å². The summed E-state index contributed by atoms with van der Waals surface area (Å²) in [6.07, 6.45) is 5.36. The van der Waals surface area contributed by atoms with Gasteiger partial charge in [-0.1, -0.05) is 45.7 Å². The van der Waals surface area contributed by atoms with Crippen molar-refractivity contribution in [2.45, 2.75) is 64.5 Å². The van der Waals surface area contributed by atoms with Crippen LogP contribution in [0.3, 0.4) is 0 Å². The predicted octanol–water partition coefficient (Wildman–Crippen LogP) is 7.14. The molecule has 48 heavy (non-hydrogen) atoms. The smallest absolute Gasteiger partial charge is 0.410 e. The molecule has 2 aromatic heterocycles. The van der Waals surface area contributed by atoms with Crippen molar-refractivity contribution >= 4 is 77.6 Å². The number of esters is 1. The molecule has 13 heteroatoms. The highest BCUT2D eigenvalue weighted by molar-refractivity contribution is 9.10. The van der Waals surface area contributed by atoms with Crippen molar-refractivity contribution in [3.05, 3.63) is 69.1 Å². The highest BCUT2D eigenvalue weighted by Gasteiger charge is 2.57. The Kier molecular flexibility index (Phi) is 10.4. The van der Waals surface area contributed by atoms with Gasteiger partial charge in [0.25, 0.3) is 0 Å². The van der Waals surface area contributed by atoms with Crippen molar-refractivity contribution in [1.82, 2.24) is 24.8 Å². The van der Waals surface area contributed by atoms with E-state index in [4.69, 9.17) is 9.47 Å². The fourth-order valence-corrected chi connectivity index (χ4v) is 6.65. The summed E-state index contributed by atoms with van der Waals surface area (Å²) >= 11 is 6.81. The zero-order valence-corrected chi connectivity index (χ0v) is 29.8. The number of fused-ring (bicyclic) bond motifs is 3. The SMILES string of the molecule is C[C@H](CCC(=O)c1cnc2cc(Br)ccc2n1)COC(=O)C1CC2CC2N1C(=O)OC[C@H](C)CCC(=O)c1cnc2cc(Br)ccc2n1. The van der Waals surface area contributed by atoms with E-state index in [0.29, 0.717) is 52.7 Å². The fraction of sp³-hybridized carbons (Fsp3) is 0.429. The molecule has 1 aliphatic heterocycles. The number of likely N-dealkylation sites (tertiary alicyclic amines) is 1. The summed E-state index contributed by atoms with van der Waals surface area (Å²) in [6, 6.07) is 10.3. The molecule has 1 saturated carbocycles. The predicted molar refractivity (Wildman–Crippen MR) is 184 cm³/mol. The Labute approximate surface area is 294 Å². The number of benzene rings is 2. The molecule has 0 bridgehead atoms. The van der Waals surface area contributed by atoms with Gasteiger partial charge in [0.2, 0.25) is 0 Å². The van der Waals surface area contributed by atoms with Gasteiger partial charge in [-0.05, 0) is 79.8 Å². The number of carbonyl (C=O) groups excluding carboxylic acids is 4. The number of hydrogen-bond acceptors (Lipinski definition) is 10. The fourth-order valence-electron chi connectivity index (χ4n) is 5.95. The van der Waals surface area contributed by atoms with Crippen LogP contribution >= 0.6 is 31.9 Å². The minimum atomic E-state index is -0.688. The summed E-state index contributed by atoms with van der Waals surface area (Å²) in [5.74, 6) is -0.561. The first-order chi connectivity index (χ1) is 23.0. The first kappa shape index (κ1) is 34.0. The highest BCUT2D eigenvalue weighted by atomic mass is 79.9. The molecule has 2 aromatic carbocycles. The van der Waals surface area contributed by atoms with Crippen molar-refractivity contribution in [3.63, 3.8) is 0 Å². The van der Waals surface area contributed by atoms with Crippen LogP contribution in [0.15, 0.2) is 57.7 Å². The van der Waals surface area contributed by atoms with E-state index in [1.165, 1.54) is 17.3 Å². The van der Waals surface area contributed by atoms with E-state index < -0.39 is 18.1 Å². The van der Waals surface area contributed by atoms with E-state index in [1.54, 1.807) is 0 Å². The third-order valence-corrected chi connectivity index (χ3v) is 9.88. The number of halogens is 2. The summed E-state index contributed by atoms with van der Waals surface area (Å²) in [5.41, 5.74) is 3.31. The summed E-state index contributed by atoms with van der Waals surface area (Å²) in [5, 5.41) is 0. The Morgan fingerprint density at radius 2 is 1.29 bits per heavy atom. The van der Waals surface area contributed by atoms with Gasteiger partial charge in [-0.15, -0.1) is 0 Å². The molecule has 2 aliphatic rings. The van der Waals surface area contributed by atoms with Crippen LogP contribution in [0.2, 0.25) is 0 Å². The lowest BCUT2D eigenvalue weighted by atomic mass is 10.0. The van der Waals surface area contributed by atoms with Gasteiger partial charge >= 0.3 is 12.1 Å². The molecule has 2 fully saturated rings. The summed E-state index contributed by atoms with van der Waals surface area (Å²) in [7, 11) is 0. The van der Waals surface area contributed by atoms with Crippen LogP contribution in [0.1, 0.15) is 73.3 Å². The van der Waals surface area contributed by atoms with E-state index >= 15 is 0 Å². The molecule has 3 unspecified atom stereocenters. The molecule has 1 aliphatic carbocycles. The normalized spacial score (nSPS) is 19.5. The molecular formula is C35H35Br2N5O6. The largest absolute Gasteiger partial charge is 0.464 e. The van der Waals surface area contributed by atoms with Gasteiger partial charge in [0.05, 0.1) is 47.7 Å². The molecule has 0 N–H and O–H groups in total. The summed E-state index contributed by atoms with van der Waals surface area (Å²) in [6.45, 7) is 4.10. The minimum Gasteiger partial charge on any atom is -0.464 e. The topological polar surface area (TPSA) is 142 Å². The van der Waals surface area contributed by atoms with Crippen LogP contribution in [0.25, 0.3) is 22.1 Å². The number of rotatable bonds is 13. The maximum Gasteiger partial charge on any atom is 0.410 e. The lowest BCUT2D eigenvalue weighted by Gasteiger charge is -2.26. The minimum absolute atomic E-state index is 0.0155. The molecule has 6 rings (SSSR count). The number of ketones is 2. The second kappa shape index (κ2) is 14.7. The van der Waals surface area contributed by atoms with Crippen molar-refractivity contribution in [2.75, 3.05) is 13.2 Å². The second-order valence-corrected chi connectivity index (χ2v) is 14.7. The Bertz CT molecular complexity index is 1890. The Morgan fingerprint density at radius 3 is 1.83 bits per heavy atom. The van der Waals surface area contributed by atoms with Crippen molar-refractivity contribution in [1.29, 1.82) is 0 Å². The molecule has 0 spiro atoms. The summed E-state index contributed by atoms with van der Waals surface area (Å²) < 4.78 is 13.0. The van der Waals surface area contributed by atoms with Gasteiger partial charge in [0, 0.05) is 27.8 Å². The molecule has 3 heterocycles. The number of aromatic nitrogens is 4. The summed E-state index contributed by atoms with van der Waals surface area (Å²) in [4.78, 5) is 70.8. The number of hydrogen-bond donors (Lipinski definition) is 0. The first-order valence-electron chi connectivity index (χ1n) is 16.1. The van der Waals surface area contributed by atoms with E-state index in [1.807, 2.05) is 50.2 Å². The highest BCUT2D eigenvalue weighted by Crippen LogP contribution is 2.48. The van der Waals surface area contributed by atoms with Gasteiger partial charge in [0.1, 0.15) is 17.4 Å². The first-order valence-corrected chi connectivity index (χ1v) is 17.7. The Hall–Kier alpha value is -3.84. The molecule has 1 saturated heterocycles. The number of amides is 1. The van der Waals surface area contributed by atoms with Gasteiger partial charge in [-0.3, -0.25) is 24.5 Å². The van der Waals surface area contributed by atoms with Crippen molar-refractivity contribution in [2.24, 2.45) is 17.8 Å². The average molecular weight is 782 g/mol. The Morgan fingerprint density at radius 1 is 0.771 bits per heavy atom.